The Morgan fingerprint density at radius 2 is 1.80 bits per heavy atom. The maximum Gasteiger partial charge on any atom is 0.304 e. The van der Waals surface area contributed by atoms with Crippen molar-refractivity contribution in [2.45, 2.75) is 11.7 Å². The molecule has 10 heteroatoms. The van der Waals surface area contributed by atoms with Crippen molar-refractivity contribution < 1.29 is 35.5 Å². The molecule has 0 rings (SSSR count). The molecule has 0 aromatic heterocycles. The van der Waals surface area contributed by atoms with Crippen molar-refractivity contribution in [1.29, 1.82) is 0 Å². The van der Waals surface area contributed by atoms with Gasteiger partial charge in [-0.2, -0.15) is 16.8 Å². The average molecular weight is 262 g/mol. The second kappa shape index (κ2) is 4.88. The van der Waals surface area contributed by atoms with Crippen LogP contribution < -0.4 is 0 Å². The van der Waals surface area contributed by atoms with Crippen LogP contribution in [0.3, 0.4) is 0 Å². The number of carboxylic acids is 1. The van der Waals surface area contributed by atoms with E-state index in [9.17, 15) is 21.6 Å². The van der Waals surface area contributed by atoms with Crippen LogP contribution in [0.5, 0.6) is 0 Å². The Labute approximate surface area is 86.7 Å². The van der Waals surface area contributed by atoms with Crippen molar-refractivity contribution in [1.82, 2.24) is 0 Å². The molecule has 1 unspecified atom stereocenters. The first-order chi connectivity index (χ1) is 6.58. The summed E-state index contributed by atoms with van der Waals surface area (Å²) in [4.78, 5) is 10.3. The van der Waals surface area contributed by atoms with Crippen LogP contribution >= 0.6 is 0 Å². The maximum absolute atomic E-state index is 11.1. The Bertz CT molecular complexity index is 418. The molecule has 0 aliphatic carbocycles. The predicted octanol–water partition coefficient (Wildman–Crippen LogP) is -1.31. The highest BCUT2D eigenvalue weighted by molar-refractivity contribution is 7.90. The molecule has 0 radical (unpaired) electrons. The quantitative estimate of drug-likeness (QED) is 0.445. The van der Waals surface area contributed by atoms with E-state index < -0.39 is 43.6 Å². The Kier molecular flexibility index (Phi) is 4.65. The molecule has 0 fully saturated rings. The van der Waals surface area contributed by atoms with Crippen molar-refractivity contribution >= 4 is 26.2 Å². The first kappa shape index (κ1) is 14.3. The van der Waals surface area contributed by atoms with Crippen LogP contribution in [0, 0.1) is 0 Å². The van der Waals surface area contributed by atoms with E-state index in [1.165, 1.54) is 0 Å². The molecule has 0 aromatic carbocycles. The summed E-state index contributed by atoms with van der Waals surface area (Å²) in [7, 11) is -8.12. The zero-order valence-electron chi connectivity index (χ0n) is 7.65. The Balaban J connectivity index is 5.00. The van der Waals surface area contributed by atoms with Gasteiger partial charge in [-0.25, -0.2) is 0 Å². The van der Waals surface area contributed by atoms with Crippen molar-refractivity contribution in [3.8, 4) is 0 Å². The van der Waals surface area contributed by atoms with Crippen molar-refractivity contribution in [2.75, 3.05) is 12.9 Å². The van der Waals surface area contributed by atoms with E-state index in [0.717, 1.165) is 7.11 Å². The molecular formula is C5H10O8S2. The lowest BCUT2D eigenvalue weighted by atomic mass is 10.3. The number of carboxylic acid groups (broad SMARTS) is 1. The zero-order valence-corrected chi connectivity index (χ0v) is 9.28. The molecular weight excluding hydrogens is 252 g/mol. The Hall–Kier alpha value is -0.710. The number of rotatable bonds is 6. The monoisotopic (exact) mass is 262 g/mol. The van der Waals surface area contributed by atoms with Gasteiger partial charge in [0.05, 0.1) is 19.3 Å². The fraction of sp³-hybridized carbons (Fsp3) is 0.800. The molecule has 0 saturated carbocycles. The summed E-state index contributed by atoms with van der Waals surface area (Å²) in [6.45, 7) is 0. The largest absolute Gasteiger partial charge is 0.481 e. The van der Waals surface area contributed by atoms with Crippen LogP contribution in [0.4, 0.5) is 0 Å². The van der Waals surface area contributed by atoms with Crippen LogP contribution in [0.2, 0.25) is 0 Å². The summed E-state index contributed by atoms with van der Waals surface area (Å²) in [5.41, 5.74) is 0. The van der Waals surface area contributed by atoms with Gasteiger partial charge < -0.3 is 5.11 Å². The summed E-state index contributed by atoms with van der Waals surface area (Å²) in [6.07, 6.45) is -0.962. The van der Waals surface area contributed by atoms with Gasteiger partial charge in [0.2, 0.25) is 0 Å². The standard InChI is InChI=1S/C5H10O8S2/c1-13-15(11,12)4(2-5(6)7)3-14(8,9)10/h4H,2-3H2,1H3,(H,6,7)(H,8,9,10). The molecule has 0 bridgehead atoms. The lowest BCUT2D eigenvalue weighted by molar-refractivity contribution is -0.136. The van der Waals surface area contributed by atoms with Crippen LogP contribution in [-0.2, 0) is 29.2 Å². The van der Waals surface area contributed by atoms with E-state index in [4.69, 9.17) is 9.66 Å². The molecule has 0 amide bonds. The van der Waals surface area contributed by atoms with Gasteiger partial charge in [-0.15, -0.1) is 0 Å². The summed E-state index contributed by atoms with van der Waals surface area (Å²) >= 11 is 0. The molecule has 8 nitrogen and oxygen atoms in total. The minimum absolute atomic E-state index is 0.772. The van der Waals surface area contributed by atoms with Gasteiger partial charge in [-0.05, 0) is 0 Å². The predicted molar refractivity (Wildman–Crippen MR) is 48.4 cm³/mol. The molecule has 2 N–H and O–H groups in total. The van der Waals surface area contributed by atoms with E-state index in [0.29, 0.717) is 0 Å². The third-order valence-electron chi connectivity index (χ3n) is 1.44. The maximum atomic E-state index is 11.1. The van der Waals surface area contributed by atoms with Gasteiger partial charge in [0, 0.05) is 0 Å². The molecule has 0 heterocycles. The first-order valence-corrected chi connectivity index (χ1v) is 6.63. The first-order valence-electron chi connectivity index (χ1n) is 3.55. The molecule has 0 aromatic rings. The SMILES string of the molecule is COS(=O)(=O)C(CC(=O)O)CS(=O)(=O)O. The molecule has 90 valence electrons. The summed E-state index contributed by atoms with van der Waals surface area (Å²) in [5, 5.41) is 6.52. The van der Waals surface area contributed by atoms with Gasteiger partial charge in [0.25, 0.3) is 20.2 Å². The van der Waals surface area contributed by atoms with E-state index >= 15 is 0 Å². The molecule has 0 spiro atoms. The zero-order chi connectivity index (χ0) is 12.3. The van der Waals surface area contributed by atoms with Crippen LogP contribution in [0.25, 0.3) is 0 Å². The fourth-order valence-electron chi connectivity index (χ4n) is 0.810. The number of aliphatic carboxylic acids is 1. The summed E-state index contributed by atoms with van der Waals surface area (Å²) < 4.78 is 55.4. The highest BCUT2D eigenvalue weighted by Gasteiger charge is 2.32. The number of carbonyl (C=O) groups is 1. The van der Waals surface area contributed by atoms with Gasteiger partial charge >= 0.3 is 5.97 Å². The van der Waals surface area contributed by atoms with Gasteiger partial charge in [0.15, 0.2) is 0 Å². The van der Waals surface area contributed by atoms with Crippen LogP contribution in [-0.4, -0.2) is 50.6 Å². The molecule has 0 saturated heterocycles. The lowest BCUT2D eigenvalue weighted by Crippen LogP contribution is -2.32. The minimum Gasteiger partial charge on any atom is -0.481 e. The van der Waals surface area contributed by atoms with Crippen LogP contribution in [0.1, 0.15) is 6.42 Å². The van der Waals surface area contributed by atoms with Gasteiger partial charge in [-0.3, -0.25) is 13.5 Å². The normalized spacial score (nSPS) is 14.8. The number of hydrogen-bond acceptors (Lipinski definition) is 6. The van der Waals surface area contributed by atoms with Gasteiger partial charge in [-0.1, -0.05) is 0 Å². The van der Waals surface area contributed by atoms with Crippen molar-refractivity contribution in [3.05, 3.63) is 0 Å². The van der Waals surface area contributed by atoms with E-state index in [2.05, 4.69) is 4.18 Å². The van der Waals surface area contributed by atoms with Gasteiger partial charge in [0.1, 0.15) is 5.25 Å². The van der Waals surface area contributed by atoms with Crippen molar-refractivity contribution in [3.63, 3.8) is 0 Å². The highest BCUT2D eigenvalue weighted by Crippen LogP contribution is 2.10. The second-order valence-corrected chi connectivity index (χ2v) is 6.11. The topological polar surface area (TPSA) is 135 Å². The third kappa shape index (κ3) is 5.67. The Morgan fingerprint density at radius 3 is 2.07 bits per heavy atom. The third-order valence-corrected chi connectivity index (χ3v) is 4.09. The minimum atomic E-state index is -4.58. The van der Waals surface area contributed by atoms with E-state index in [-0.39, 0.29) is 0 Å². The lowest BCUT2D eigenvalue weighted by Gasteiger charge is -2.11. The molecule has 0 aliphatic rings. The van der Waals surface area contributed by atoms with Crippen molar-refractivity contribution in [2.24, 2.45) is 0 Å². The van der Waals surface area contributed by atoms with E-state index in [1.807, 2.05) is 0 Å². The second-order valence-electron chi connectivity index (χ2n) is 2.63. The Morgan fingerprint density at radius 1 is 1.33 bits per heavy atom. The molecule has 0 aliphatic heterocycles. The smallest absolute Gasteiger partial charge is 0.304 e. The van der Waals surface area contributed by atoms with Crippen LogP contribution in [0.15, 0.2) is 0 Å². The molecule has 1 atom stereocenters. The summed E-state index contributed by atoms with van der Waals surface area (Å²) in [5.74, 6) is -2.72. The average Bonchev–Trinajstić information content (AvgIpc) is 1.99. The number of hydrogen-bond donors (Lipinski definition) is 2. The fourth-order valence-corrected chi connectivity index (χ4v) is 3.20. The summed E-state index contributed by atoms with van der Waals surface area (Å²) in [6, 6.07) is 0. The highest BCUT2D eigenvalue weighted by atomic mass is 32.2. The molecule has 15 heavy (non-hydrogen) atoms. The van der Waals surface area contributed by atoms with E-state index in [1.54, 1.807) is 0 Å².